The number of benzene rings is 2. The Morgan fingerprint density at radius 3 is 1.31 bits per heavy atom. The van der Waals surface area contributed by atoms with Gasteiger partial charge in [-0.25, -0.2) is 0 Å². The van der Waals surface area contributed by atoms with E-state index >= 15 is 0 Å². The van der Waals surface area contributed by atoms with E-state index in [-0.39, 0.29) is 0 Å². The number of hydrogen-bond acceptors (Lipinski definition) is 4. The standard InChI is InChI=1S/2C9H8O2.2C8H17.Sn/c2*10-9(11)7-6-8-4-2-1-3-5-8;2*1-3-5-7-8-6-4-2;/h2*1-7H,(H,10,11);2*1,3-8H2,2H3;/q;;;;+2/p-2. The molecular formula is C34H48O4Sn. The molecule has 2 aromatic carbocycles. The van der Waals surface area contributed by atoms with Crippen LogP contribution in [0.2, 0.25) is 8.87 Å². The predicted molar refractivity (Wildman–Crippen MR) is 165 cm³/mol. The van der Waals surface area contributed by atoms with E-state index in [4.69, 9.17) is 6.15 Å². The summed E-state index contributed by atoms with van der Waals surface area (Å²) in [5, 5.41) is 0. The minimum absolute atomic E-state index is 0.397. The fourth-order valence-electron chi connectivity index (χ4n) is 4.59. The van der Waals surface area contributed by atoms with E-state index in [1.54, 1.807) is 12.2 Å². The second-order valence-corrected chi connectivity index (χ2v) is 19.5. The van der Waals surface area contributed by atoms with Gasteiger partial charge < -0.3 is 0 Å². The van der Waals surface area contributed by atoms with Crippen LogP contribution >= 0.6 is 0 Å². The van der Waals surface area contributed by atoms with Crippen molar-refractivity contribution < 1.29 is 15.7 Å². The van der Waals surface area contributed by atoms with Gasteiger partial charge in [0.05, 0.1) is 0 Å². The van der Waals surface area contributed by atoms with Crippen LogP contribution in [0.5, 0.6) is 0 Å². The van der Waals surface area contributed by atoms with Crippen LogP contribution in [0, 0.1) is 0 Å². The van der Waals surface area contributed by atoms with Crippen molar-refractivity contribution in [2.45, 2.75) is 99.8 Å². The molecule has 39 heavy (non-hydrogen) atoms. The van der Waals surface area contributed by atoms with Crippen LogP contribution in [-0.4, -0.2) is 31.1 Å². The molecule has 0 saturated heterocycles. The molecule has 0 aliphatic rings. The zero-order chi connectivity index (χ0) is 28.0. The molecule has 0 aromatic heterocycles. The Morgan fingerprint density at radius 1 is 0.564 bits per heavy atom. The Labute approximate surface area is 241 Å². The third-order valence-corrected chi connectivity index (χ3v) is 16.5. The number of carbonyl (C=O) groups excluding carboxylic acids is 2. The van der Waals surface area contributed by atoms with Gasteiger partial charge in [-0.3, -0.25) is 0 Å². The molecule has 0 fully saturated rings. The van der Waals surface area contributed by atoms with Crippen molar-refractivity contribution >= 4 is 43.3 Å². The average molecular weight is 639 g/mol. The summed E-state index contributed by atoms with van der Waals surface area (Å²) < 4.78 is 13.9. The summed E-state index contributed by atoms with van der Waals surface area (Å²) in [6, 6.07) is 19.4. The van der Waals surface area contributed by atoms with E-state index in [0.717, 1.165) is 49.7 Å². The molecule has 4 nitrogen and oxygen atoms in total. The Kier molecular flexibility index (Phi) is 17.3. The van der Waals surface area contributed by atoms with Crippen LogP contribution in [-0.2, 0) is 15.7 Å². The number of carbonyl (C=O) groups is 2. The molecule has 0 heterocycles. The maximum absolute atomic E-state index is 13.1. The average Bonchev–Trinajstić information content (AvgIpc) is 2.95. The van der Waals surface area contributed by atoms with Gasteiger partial charge in [0.15, 0.2) is 0 Å². The summed E-state index contributed by atoms with van der Waals surface area (Å²) >= 11 is -4.09. The summed E-state index contributed by atoms with van der Waals surface area (Å²) in [6.07, 6.45) is 20.2. The summed E-state index contributed by atoms with van der Waals surface area (Å²) in [5.41, 5.74) is 1.87. The van der Waals surface area contributed by atoms with Gasteiger partial charge in [-0.05, 0) is 0 Å². The molecule has 2 aromatic rings. The van der Waals surface area contributed by atoms with Gasteiger partial charge in [-0.15, -0.1) is 0 Å². The normalized spacial score (nSPS) is 11.7. The van der Waals surface area contributed by atoms with E-state index in [1.807, 2.05) is 60.7 Å². The maximum atomic E-state index is 13.1. The second-order valence-electron chi connectivity index (χ2n) is 10.3. The molecule has 0 amide bonds. The molecule has 0 spiro atoms. The van der Waals surface area contributed by atoms with Gasteiger partial charge in [0.25, 0.3) is 0 Å². The minimum atomic E-state index is -4.09. The quantitative estimate of drug-likeness (QED) is 0.0823. The van der Waals surface area contributed by atoms with E-state index in [0.29, 0.717) is 8.87 Å². The second kappa shape index (κ2) is 20.5. The zero-order valence-corrected chi connectivity index (χ0v) is 27.0. The van der Waals surface area contributed by atoms with E-state index < -0.39 is 31.1 Å². The van der Waals surface area contributed by atoms with Crippen LogP contribution in [0.3, 0.4) is 0 Å². The molecule has 0 radical (unpaired) electrons. The molecule has 212 valence electrons. The Morgan fingerprint density at radius 2 is 0.923 bits per heavy atom. The van der Waals surface area contributed by atoms with Crippen molar-refractivity contribution in [1.82, 2.24) is 0 Å². The fourth-order valence-corrected chi connectivity index (χ4v) is 13.6. The van der Waals surface area contributed by atoms with Crippen molar-refractivity contribution in [1.29, 1.82) is 0 Å². The first-order valence-electron chi connectivity index (χ1n) is 15.0. The van der Waals surface area contributed by atoms with Crippen LogP contribution in [0.4, 0.5) is 0 Å². The first-order valence-corrected chi connectivity index (χ1v) is 21.4. The fraction of sp³-hybridized carbons (Fsp3) is 0.471. The topological polar surface area (TPSA) is 52.6 Å². The zero-order valence-electron chi connectivity index (χ0n) is 24.1. The summed E-state index contributed by atoms with van der Waals surface area (Å²) in [6.45, 7) is 4.43. The van der Waals surface area contributed by atoms with Gasteiger partial charge in [0.1, 0.15) is 0 Å². The monoisotopic (exact) mass is 640 g/mol. The number of rotatable bonds is 20. The Balaban J connectivity index is 2.17. The van der Waals surface area contributed by atoms with E-state index in [1.165, 1.54) is 50.7 Å². The van der Waals surface area contributed by atoms with Gasteiger partial charge in [0, 0.05) is 0 Å². The molecule has 0 atom stereocenters. The molecule has 0 aliphatic heterocycles. The molecule has 0 bridgehead atoms. The summed E-state index contributed by atoms with van der Waals surface area (Å²) in [4.78, 5) is 26.2. The van der Waals surface area contributed by atoms with Gasteiger partial charge in [-0.2, -0.15) is 0 Å². The van der Waals surface area contributed by atoms with Crippen molar-refractivity contribution in [2.24, 2.45) is 0 Å². The molecular weight excluding hydrogens is 591 g/mol. The van der Waals surface area contributed by atoms with Crippen LogP contribution in [0.25, 0.3) is 12.2 Å². The van der Waals surface area contributed by atoms with E-state index in [2.05, 4.69) is 13.8 Å². The summed E-state index contributed by atoms with van der Waals surface area (Å²) in [5.74, 6) is -0.794. The third kappa shape index (κ3) is 15.1. The van der Waals surface area contributed by atoms with Gasteiger partial charge in [0.2, 0.25) is 0 Å². The summed E-state index contributed by atoms with van der Waals surface area (Å²) in [7, 11) is 0. The Hall–Kier alpha value is -2.34. The third-order valence-electron chi connectivity index (χ3n) is 6.82. The van der Waals surface area contributed by atoms with Crippen molar-refractivity contribution in [3.05, 3.63) is 83.9 Å². The Bertz CT molecular complexity index is 903. The molecule has 0 unspecified atom stereocenters. The van der Waals surface area contributed by atoms with Crippen LogP contribution in [0.1, 0.15) is 102 Å². The molecule has 2 rings (SSSR count). The van der Waals surface area contributed by atoms with Gasteiger partial charge in [-0.1, -0.05) is 0 Å². The van der Waals surface area contributed by atoms with Crippen LogP contribution < -0.4 is 0 Å². The number of unbranched alkanes of at least 4 members (excludes halogenated alkanes) is 10. The molecule has 0 N–H and O–H groups in total. The SMILES string of the molecule is CCCCCCC[CH2][Sn]([CH2]CCCCCCC)([O]C(=O)C=Cc1ccccc1)[O]C(=O)C=Cc1ccccc1. The molecule has 5 heteroatoms. The van der Waals surface area contributed by atoms with Crippen LogP contribution in [0.15, 0.2) is 72.8 Å². The number of hydrogen-bond donors (Lipinski definition) is 0. The predicted octanol–water partition coefficient (Wildman–Crippen LogP) is 9.66. The van der Waals surface area contributed by atoms with Crippen molar-refractivity contribution in [2.75, 3.05) is 0 Å². The van der Waals surface area contributed by atoms with Crippen molar-refractivity contribution in [3.63, 3.8) is 0 Å². The van der Waals surface area contributed by atoms with E-state index in [9.17, 15) is 9.59 Å². The van der Waals surface area contributed by atoms with Crippen molar-refractivity contribution in [3.8, 4) is 0 Å². The molecule has 0 saturated carbocycles. The van der Waals surface area contributed by atoms with Gasteiger partial charge >= 0.3 is 243 Å². The first-order chi connectivity index (χ1) is 19.1. The molecule has 0 aliphatic carbocycles. The first kappa shape index (κ1) is 32.9.